The Bertz CT molecular complexity index is 1250. The quantitative estimate of drug-likeness (QED) is 0.491. The predicted octanol–water partition coefficient (Wildman–Crippen LogP) is 4.95. The maximum Gasteiger partial charge on any atom is 0.247 e. The van der Waals surface area contributed by atoms with E-state index < -0.39 is 17.9 Å². The van der Waals surface area contributed by atoms with Crippen molar-refractivity contribution >= 4 is 35.2 Å². The van der Waals surface area contributed by atoms with Crippen LogP contribution < -0.4 is 5.32 Å². The van der Waals surface area contributed by atoms with Gasteiger partial charge in [0.05, 0.1) is 11.8 Å². The molecular formula is C30H28N2O3S. The highest BCUT2D eigenvalue weighted by Gasteiger charge is 2.62. The van der Waals surface area contributed by atoms with Crippen molar-refractivity contribution in [2.75, 3.05) is 17.3 Å². The average Bonchev–Trinajstić information content (AvgIpc) is 3.16. The first-order valence-electron chi connectivity index (χ1n) is 12.4. The van der Waals surface area contributed by atoms with Crippen molar-refractivity contribution in [1.82, 2.24) is 4.90 Å². The number of nitrogens with one attached hydrogen (secondary N) is 1. The number of nitrogens with zero attached hydrogens (tertiary/aromatic N) is 1. The van der Waals surface area contributed by atoms with Crippen LogP contribution in [0.15, 0.2) is 72.8 Å². The average molecular weight is 497 g/mol. The predicted molar refractivity (Wildman–Crippen MR) is 142 cm³/mol. The first-order valence-corrected chi connectivity index (χ1v) is 13.8. The van der Waals surface area contributed by atoms with Crippen LogP contribution in [-0.2, 0) is 14.4 Å². The van der Waals surface area contributed by atoms with Crippen LogP contribution in [0.1, 0.15) is 46.1 Å². The summed E-state index contributed by atoms with van der Waals surface area (Å²) in [6.07, 6.45) is 2.39. The van der Waals surface area contributed by atoms with Crippen molar-refractivity contribution in [3.05, 3.63) is 101 Å². The largest absolute Gasteiger partial charge is 0.324 e. The fraction of sp³-hybridized carbons (Fsp3) is 0.300. The van der Waals surface area contributed by atoms with Gasteiger partial charge in [-0.1, -0.05) is 66.2 Å². The molecule has 7 rings (SSSR count). The Labute approximate surface area is 215 Å². The lowest BCUT2D eigenvalue weighted by Gasteiger charge is -2.45. The molecule has 0 spiro atoms. The third-order valence-corrected chi connectivity index (χ3v) is 8.66. The molecular weight excluding hydrogens is 468 g/mol. The standard InChI is InChI=1S/C30H28N2O3S/c1-17-11-13-18(14-12-17)31-28(33)23(15-16-36-2)32-29(34)26-24-19-7-3-4-8-20(19)25(27(26)30(32)35)22-10-6-5-9-21(22)24/h3-14,23-27H,15-16H2,1-2H3,(H,31,33)/t23-,24?,25?,26-,27+/m0/s1. The summed E-state index contributed by atoms with van der Waals surface area (Å²) in [5.74, 6) is -1.36. The minimum atomic E-state index is -0.838. The van der Waals surface area contributed by atoms with E-state index in [-0.39, 0.29) is 29.6 Å². The molecule has 0 unspecified atom stereocenters. The Hall–Kier alpha value is -3.38. The lowest BCUT2D eigenvalue weighted by Crippen LogP contribution is -2.48. The Morgan fingerprint density at radius 1 is 0.833 bits per heavy atom. The Balaban J connectivity index is 1.39. The van der Waals surface area contributed by atoms with Crippen LogP contribution in [0.5, 0.6) is 0 Å². The third kappa shape index (κ3) is 3.42. The number of rotatable bonds is 6. The molecule has 1 N–H and O–H groups in total. The second-order valence-corrected chi connectivity index (χ2v) is 10.9. The number of imide groups is 1. The second kappa shape index (κ2) is 8.93. The number of carbonyl (C=O) groups is 3. The molecule has 36 heavy (non-hydrogen) atoms. The number of likely N-dealkylation sites (tertiary alicyclic amines) is 1. The maximum atomic E-state index is 14.1. The van der Waals surface area contributed by atoms with Gasteiger partial charge in [-0.05, 0) is 59.7 Å². The van der Waals surface area contributed by atoms with Gasteiger partial charge in [-0.15, -0.1) is 0 Å². The summed E-state index contributed by atoms with van der Waals surface area (Å²) in [6.45, 7) is 1.99. The molecule has 1 aliphatic heterocycles. The van der Waals surface area contributed by atoms with Crippen LogP contribution in [0.25, 0.3) is 0 Å². The highest BCUT2D eigenvalue weighted by Crippen LogP contribution is 2.61. The molecule has 1 saturated heterocycles. The minimum absolute atomic E-state index is 0.171. The van der Waals surface area contributed by atoms with E-state index in [0.29, 0.717) is 17.9 Å². The molecule has 1 heterocycles. The van der Waals surface area contributed by atoms with Gasteiger partial charge in [0.2, 0.25) is 17.7 Å². The van der Waals surface area contributed by atoms with Gasteiger partial charge in [0.25, 0.3) is 0 Å². The topological polar surface area (TPSA) is 66.5 Å². The van der Waals surface area contributed by atoms with E-state index in [1.165, 1.54) is 4.90 Å². The molecule has 6 heteroatoms. The van der Waals surface area contributed by atoms with Crippen molar-refractivity contribution < 1.29 is 14.4 Å². The van der Waals surface area contributed by atoms with E-state index in [1.807, 2.05) is 61.7 Å². The van der Waals surface area contributed by atoms with Crippen molar-refractivity contribution in [3.63, 3.8) is 0 Å². The Morgan fingerprint density at radius 2 is 1.31 bits per heavy atom. The zero-order chi connectivity index (χ0) is 25.0. The molecule has 3 aromatic rings. The van der Waals surface area contributed by atoms with Crippen molar-refractivity contribution in [2.45, 2.75) is 31.2 Å². The number of carbonyl (C=O) groups excluding carboxylic acids is 3. The zero-order valence-electron chi connectivity index (χ0n) is 20.3. The summed E-state index contributed by atoms with van der Waals surface area (Å²) in [4.78, 5) is 43.0. The molecule has 3 atom stereocenters. The summed E-state index contributed by atoms with van der Waals surface area (Å²) in [5, 5.41) is 2.96. The summed E-state index contributed by atoms with van der Waals surface area (Å²) >= 11 is 1.61. The van der Waals surface area contributed by atoms with Gasteiger partial charge in [-0.3, -0.25) is 19.3 Å². The molecule has 4 aliphatic rings. The van der Waals surface area contributed by atoms with Gasteiger partial charge in [0, 0.05) is 17.5 Å². The molecule has 0 saturated carbocycles. The van der Waals surface area contributed by atoms with Gasteiger partial charge in [-0.2, -0.15) is 11.8 Å². The van der Waals surface area contributed by atoms with Crippen LogP contribution in [0.4, 0.5) is 5.69 Å². The number of benzene rings is 3. The smallest absolute Gasteiger partial charge is 0.247 e. The molecule has 1 fully saturated rings. The molecule has 0 radical (unpaired) electrons. The summed E-state index contributed by atoms with van der Waals surface area (Å²) in [6, 6.07) is 23.1. The molecule has 0 aromatic heterocycles. The molecule has 182 valence electrons. The van der Waals surface area contributed by atoms with Gasteiger partial charge in [0.1, 0.15) is 6.04 Å². The Morgan fingerprint density at radius 3 is 1.75 bits per heavy atom. The SMILES string of the molecule is CSCC[C@@H](C(=O)Nc1ccc(C)cc1)N1C(=O)[C@@H]2C3c4ccccc4C(c4ccccc43)[C@@H]2C1=O. The van der Waals surface area contributed by atoms with Crippen LogP contribution in [-0.4, -0.2) is 40.7 Å². The zero-order valence-corrected chi connectivity index (χ0v) is 21.1. The summed E-state index contributed by atoms with van der Waals surface area (Å²) < 4.78 is 0. The van der Waals surface area contributed by atoms with Gasteiger partial charge in [0.15, 0.2) is 0 Å². The fourth-order valence-corrected chi connectivity index (χ4v) is 6.94. The van der Waals surface area contributed by atoms with Crippen molar-refractivity contribution in [2.24, 2.45) is 11.8 Å². The Kier molecular flexibility index (Phi) is 5.72. The van der Waals surface area contributed by atoms with Crippen molar-refractivity contribution in [3.8, 4) is 0 Å². The van der Waals surface area contributed by atoms with Gasteiger partial charge >= 0.3 is 0 Å². The van der Waals surface area contributed by atoms with E-state index in [0.717, 1.165) is 27.8 Å². The summed E-state index contributed by atoms with van der Waals surface area (Å²) in [5.41, 5.74) is 6.29. The van der Waals surface area contributed by atoms with Crippen molar-refractivity contribution in [1.29, 1.82) is 0 Å². The van der Waals surface area contributed by atoms with Gasteiger partial charge in [-0.25, -0.2) is 0 Å². The van der Waals surface area contributed by atoms with Crippen LogP contribution in [0, 0.1) is 18.8 Å². The lowest BCUT2D eigenvalue weighted by molar-refractivity contribution is -0.146. The molecule has 2 bridgehead atoms. The highest BCUT2D eigenvalue weighted by atomic mass is 32.2. The highest BCUT2D eigenvalue weighted by molar-refractivity contribution is 7.98. The second-order valence-electron chi connectivity index (χ2n) is 9.96. The molecule has 3 amide bonds. The van der Waals surface area contributed by atoms with Crippen LogP contribution >= 0.6 is 11.8 Å². The summed E-state index contributed by atoms with van der Waals surface area (Å²) in [7, 11) is 0. The van der Waals surface area contributed by atoms with Gasteiger partial charge < -0.3 is 5.32 Å². The number of aryl methyl sites for hydroxylation is 1. The monoisotopic (exact) mass is 496 g/mol. The third-order valence-electron chi connectivity index (χ3n) is 8.01. The van der Waals surface area contributed by atoms with E-state index in [1.54, 1.807) is 11.8 Å². The number of anilines is 1. The normalized spacial score (nSPS) is 24.2. The molecule has 5 nitrogen and oxygen atoms in total. The number of hydrogen-bond donors (Lipinski definition) is 1. The van der Waals surface area contributed by atoms with Crippen LogP contribution in [0.2, 0.25) is 0 Å². The first kappa shape index (κ1) is 23.0. The maximum absolute atomic E-state index is 14.1. The van der Waals surface area contributed by atoms with Crippen LogP contribution in [0.3, 0.4) is 0 Å². The molecule has 3 aliphatic carbocycles. The molecule has 3 aromatic carbocycles. The van der Waals surface area contributed by atoms with E-state index in [9.17, 15) is 14.4 Å². The number of hydrogen-bond acceptors (Lipinski definition) is 4. The van der Waals surface area contributed by atoms with E-state index in [4.69, 9.17) is 0 Å². The van der Waals surface area contributed by atoms with E-state index >= 15 is 0 Å². The minimum Gasteiger partial charge on any atom is -0.324 e. The lowest BCUT2D eigenvalue weighted by atomic mass is 9.55. The number of amides is 3. The fourth-order valence-electron chi connectivity index (χ4n) is 6.48. The first-order chi connectivity index (χ1) is 17.5. The number of thioether (sulfide) groups is 1. The van der Waals surface area contributed by atoms with E-state index in [2.05, 4.69) is 29.6 Å².